The van der Waals surface area contributed by atoms with Crippen molar-refractivity contribution in [3.63, 3.8) is 0 Å². The molecule has 0 unspecified atom stereocenters. The van der Waals surface area contributed by atoms with Gasteiger partial charge in [-0.3, -0.25) is 4.90 Å². The Kier molecular flexibility index (Phi) is 6.10. The zero-order valence-electron chi connectivity index (χ0n) is 19.1. The Bertz CT molecular complexity index is 716. The molecule has 166 valence electrons. The molecule has 3 atom stereocenters. The lowest BCUT2D eigenvalue weighted by Gasteiger charge is -2.33. The van der Waals surface area contributed by atoms with E-state index in [1.165, 1.54) is 69.5 Å². The summed E-state index contributed by atoms with van der Waals surface area (Å²) in [7, 11) is 0. The van der Waals surface area contributed by atoms with Gasteiger partial charge >= 0.3 is 0 Å². The number of likely N-dealkylation sites (tertiary alicyclic amines) is 2. The SMILES string of the molecule is CC1(C)CCc2cc(CN3C[C@@H]4[C@H](COCCCN5CCCCC5)[C@@H]4C3)ccc2O1. The first kappa shape index (κ1) is 20.8. The van der Waals surface area contributed by atoms with E-state index in [-0.39, 0.29) is 5.60 Å². The minimum absolute atomic E-state index is 0.0185. The molecule has 3 aliphatic heterocycles. The van der Waals surface area contributed by atoms with Crippen molar-refractivity contribution < 1.29 is 9.47 Å². The summed E-state index contributed by atoms with van der Waals surface area (Å²) < 4.78 is 12.2. The summed E-state index contributed by atoms with van der Waals surface area (Å²) in [4.78, 5) is 5.27. The lowest BCUT2D eigenvalue weighted by Crippen LogP contribution is -2.32. The molecule has 4 nitrogen and oxygen atoms in total. The van der Waals surface area contributed by atoms with Gasteiger partial charge in [-0.2, -0.15) is 0 Å². The van der Waals surface area contributed by atoms with E-state index >= 15 is 0 Å². The molecule has 0 aromatic heterocycles. The minimum atomic E-state index is -0.0185. The summed E-state index contributed by atoms with van der Waals surface area (Å²) in [6, 6.07) is 6.85. The number of nitrogens with zero attached hydrogens (tertiary/aromatic N) is 2. The van der Waals surface area contributed by atoms with Gasteiger partial charge < -0.3 is 14.4 Å². The molecule has 1 aromatic rings. The third-order valence-corrected chi connectivity index (χ3v) is 7.88. The maximum absolute atomic E-state index is 6.14. The van der Waals surface area contributed by atoms with Crippen LogP contribution in [0.2, 0.25) is 0 Å². The van der Waals surface area contributed by atoms with Gasteiger partial charge in [0.15, 0.2) is 0 Å². The van der Waals surface area contributed by atoms with Gasteiger partial charge in [-0.1, -0.05) is 18.6 Å². The first-order chi connectivity index (χ1) is 14.6. The maximum atomic E-state index is 6.14. The van der Waals surface area contributed by atoms with Crippen molar-refractivity contribution in [1.82, 2.24) is 9.80 Å². The van der Waals surface area contributed by atoms with E-state index in [4.69, 9.17) is 9.47 Å². The average Bonchev–Trinajstić information content (AvgIpc) is 3.18. The van der Waals surface area contributed by atoms with Crippen molar-refractivity contribution >= 4 is 0 Å². The highest BCUT2D eigenvalue weighted by molar-refractivity contribution is 5.39. The Morgan fingerprint density at radius 1 is 1.07 bits per heavy atom. The molecule has 30 heavy (non-hydrogen) atoms. The Hall–Kier alpha value is -1.10. The fourth-order valence-corrected chi connectivity index (χ4v) is 5.97. The van der Waals surface area contributed by atoms with Crippen LogP contribution < -0.4 is 4.74 Å². The van der Waals surface area contributed by atoms with Gasteiger partial charge in [0.1, 0.15) is 11.4 Å². The average molecular weight is 413 g/mol. The fraction of sp³-hybridized carbons (Fsp3) is 0.769. The van der Waals surface area contributed by atoms with E-state index in [9.17, 15) is 0 Å². The van der Waals surface area contributed by atoms with Crippen LogP contribution in [0.5, 0.6) is 5.75 Å². The lowest BCUT2D eigenvalue weighted by molar-refractivity contribution is 0.0845. The molecule has 3 fully saturated rings. The van der Waals surface area contributed by atoms with Crippen molar-refractivity contribution in [3.8, 4) is 5.75 Å². The highest BCUT2D eigenvalue weighted by Gasteiger charge is 2.55. The monoisotopic (exact) mass is 412 g/mol. The van der Waals surface area contributed by atoms with Crippen LogP contribution in [0.25, 0.3) is 0 Å². The largest absolute Gasteiger partial charge is 0.488 e. The van der Waals surface area contributed by atoms with Crippen molar-refractivity contribution in [1.29, 1.82) is 0 Å². The number of fused-ring (bicyclic) bond motifs is 2. The lowest BCUT2D eigenvalue weighted by atomic mass is 9.93. The van der Waals surface area contributed by atoms with Crippen LogP contribution >= 0.6 is 0 Å². The molecule has 0 N–H and O–H groups in total. The van der Waals surface area contributed by atoms with E-state index in [0.717, 1.165) is 56.1 Å². The molecule has 3 heterocycles. The Morgan fingerprint density at radius 3 is 2.67 bits per heavy atom. The van der Waals surface area contributed by atoms with Crippen LogP contribution in [-0.2, 0) is 17.7 Å². The summed E-state index contributed by atoms with van der Waals surface area (Å²) in [6.45, 7) is 13.8. The second-order valence-electron chi connectivity index (χ2n) is 10.8. The van der Waals surface area contributed by atoms with Crippen LogP contribution in [0, 0.1) is 17.8 Å². The molecule has 0 spiro atoms. The molecule has 2 saturated heterocycles. The predicted octanol–water partition coefficient (Wildman–Crippen LogP) is 4.36. The number of hydrogen-bond donors (Lipinski definition) is 0. The van der Waals surface area contributed by atoms with Crippen molar-refractivity contribution in [3.05, 3.63) is 29.3 Å². The minimum Gasteiger partial charge on any atom is -0.488 e. The second-order valence-corrected chi connectivity index (χ2v) is 10.8. The van der Waals surface area contributed by atoms with Crippen molar-refractivity contribution in [2.24, 2.45) is 17.8 Å². The zero-order chi connectivity index (χ0) is 20.6. The second kappa shape index (κ2) is 8.80. The summed E-state index contributed by atoms with van der Waals surface area (Å²) in [6.07, 6.45) is 7.65. The molecule has 0 radical (unpaired) electrons. The normalized spacial score (nSPS) is 30.5. The van der Waals surface area contributed by atoms with E-state index < -0.39 is 0 Å². The molecule has 4 heteroatoms. The van der Waals surface area contributed by atoms with Crippen LogP contribution in [0.3, 0.4) is 0 Å². The Balaban J connectivity index is 0.994. The van der Waals surface area contributed by atoms with Gasteiger partial charge in [0.25, 0.3) is 0 Å². The molecular weight excluding hydrogens is 372 g/mol. The standard InChI is InChI=1S/C26H40N2O2/c1-26(2)10-9-21-15-20(7-8-25(21)30-26)16-28-17-22-23(18-28)24(22)19-29-14-6-13-27-11-4-3-5-12-27/h7-8,15,22-24H,3-6,9-14,16-19H2,1-2H3/t22-,23+,24-. The number of hydrogen-bond acceptors (Lipinski definition) is 4. The van der Waals surface area contributed by atoms with Gasteiger partial charge in [0, 0.05) is 32.8 Å². The Labute approximate surface area is 182 Å². The topological polar surface area (TPSA) is 24.9 Å². The first-order valence-corrected chi connectivity index (χ1v) is 12.4. The van der Waals surface area contributed by atoms with E-state index in [1.807, 2.05) is 0 Å². The van der Waals surface area contributed by atoms with Crippen LogP contribution in [-0.4, -0.2) is 61.3 Å². The zero-order valence-corrected chi connectivity index (χ0v) is 19.1. The van der Waals surface area contributed by atoms with E-state index in [0.29, 0.717) is 0 Å². The Morgan fingerprint density at radius 2 is 1.87 bits per heavy atom. The number of piperidine rings is 2. The number of ether oxygens (including phenoxy) is 2. The van der Waals surface area contributed by atoms with Gasteiger partial charge in [-0.05, 0) is 94.0 Å². The summed E-state index contributed by atoms with van der Waals surface area (Å²) in [5.74, 6) is 3.69. The third kappa shape index (κ3) is 4.87. The molecule has 5 rings (SSSR count). The molecule has 1 aliphatic carbocycles. The number of rotatable bonds is 8. The predicted molar refractivity (Wildman–Crippen MR) is 121 cm³/mol. The molecule has 0 amide bonds. The number of benzene rings is 1. The van der Waals surface area contributed by atoms with Gasteiger partial charge in [-0.15, -0.1) is 0 Å². The van der Waals surface area contributed by atoms with Crippen LogP contribution in [0.1, 0.15) is 57.1 Å². The maximum Gasteiger partial charge on any atom is 0.123 e. The van der Waals surface area contributed by atoms with E-state index in [2.05, 4.69) is 41.8 Å². The smallest absolute Gasteiger partial charge is 0.123 e. The first-order valence-electron chi connectivity index (χ1n) is 12.4. The van der Waals surface area contributed by atoms with Crippen molar-refractivity contribution in [2.45, 2.75) is 64.5 Å². The van der Waals surface area contributed by atoms with Crippen LogP contribution in [0.15, 0.2) is 18.2 Å². The van der Waals surface area contributed by atoms with Gasteiger partial charge in [0.05, 0.1) is 6.61 Å². The van der Waals surface area contributed by atoms with Crippen molar-refractivity contribution in [2.75, 3.05) is 45.9 Å². The highest BCUT2D eigenvalue weighted by Crippen LogP contribution is 2.52. The van der Waals surface area contributed by atoms with Gasteiger partial charge in [-0.25, -0.2) is 0 Å². The molecule has 0 bridgehead atoms. The third-order valence-electron chi connectivity index (χ3n) is 7.88. The number of aryl methyl sites for hydroxylation is 1. The van der Waals surface area contributed by atoms with Gasteiger partial charge in [0.2, 0.25) is 0 Å². The quantitative estimate of drug-likeness (QED) is 0.592. The molecule has 1 saturated carbocycles. The molecule has 4 aliphatic rings. The molecular formula is C26H40N2O2. The summed E-state index contributed by atoms with van der Waals surface area (Å²) >= 11 is 0. The highest BCUT2D eigenvalue weighted by atomic mass is 16.5. The van der Waals surface area contributed by atoms with E-state index in [1.54, 1.807) is 0 Å². The summed E-state index contributed by atoms with van der Waals surface area (Å²) in [5, 5.41) is 0. The fourth-order valence-electron chi connectivity index (χ4n) is 5.97. The van der Waals surface area contributed by atoms with Crippen LogP contribution in [0.4, 0.5) is 0 Å². The molecule has 1 aromatic carbocycles. The summed E-state index contributed by atoms with van der Waals surface area (Å²) in [5.41, 5.74) is 2.82.